The van der Waals surface area contributed by atoms with Crippen LogP contribution in [0.5, 0.6) is 0 Å². The Kier molecular flexibility index (Phi) is 3.72. The minimum atomic E-state index is -4.53. The van der Waals surface area contributed by atoms with Gasteiger partial charge in [-0.1, -0.05) is 29.3 Å². The van der Waals surface area contributed by atoms with Crippen molar-refractivity contribution in [1.82, 2.24) is 4.57 Å². The molecule has 0 saturated heterocycles. The van der Waals surface area contributed by atoms with Gasteiger partial charge in [0.2, 0.25) is 0 Å². The molecule has 104 valence electrons. The summed E-state index contributed by atoms with van der Waals surface area (Å²) in [5.41, 5.74) is -0.416. The Morgan fingerprint density at radius 3 is 2.30 bits per heavy atom. The lowest BCUT2D eigenvalue weighted by molar-refractivity contribution is -0.143. The summed E-state index contributed by atoms with van der Waals surface area (Å²) in [6, 6.07) is 7.00. The predicted octanol–water partition coefficient (Wildman–Crippen LogP) is 4.89. The van der Waals surface area contributed by atoms with Crippen LogP contribution in [0.25, 0.3) is 11.3 Å². The average Bonchev–Trinajstić information content (AvgIpc) is 2.69. The Balaban J connectivity index is 2.71. The first-order valence-corrected chi connectivity index (χ1v) is 6.13. The molecule has 0 fully saturated rings. The van der Waals surface area contributed by atoms with Gasteiger partial charge in [-0.25, -0.2) is 0 Å². The number of nitriles is 1. The molecule has 0 aliphatic carbocycles. The summed E-state index contributed by atoms with van der Waals surface area (Å²) in [6.45, 7) is 0. The second kappa shape index (κ2) is 5.04. The van der Waals surface area contributed by atoms with Crippen LogP contribution in [0, 0.1) is 11.3 Å². The first-order valence-electron chi connectivity index (χ1n) is 5.38. The molecule has 2 nitrogen and oxygen atoms in total. The standard InChI is InChI=1S/C13H7Cl2F3N2/c1-20-11(13(16,17)18)5-8(6-19)12(20)7-2-3-9(14)10(15)4-7/h2-5H,1H3. The van der Waals surface area contributed by atoms with Crippen LogP contribution < -0.4 is 0 Å². The molecule has 0 unspecified atom stereocenters. The highest BCUT2D eigenvalue weighted by Gasteiger charge is 2.36. The molecule has 1 aromatic heterocycles. The first-order chi connectivity index (χ1) is 9.25. The van der Waals surface area contributed by atoms with Gasteiger partial charge in [0.15, 0.2) is 0 Å². The monoisotopic (exact) mass is 318 g/mol. The summed E-state index contributed by atoms with van der Waals surface area (Å²) >= 11 is 11.6. The van der Waals surface area contributed by atoms with Crippen molar-refractivity contribution in [1.29, 1.82) is 5.26 Å². The summed E-state index contributed by atoms with van der Waals surface area (Å²) in [5, 5.41) is 9.52. The van der Waals surface area contributed by atoms with Crippen molar-refractivity contribution in [3.63, 3.8) is 0 Å². The highest BCUT2D eigenvalue weighted by molar-refractivity contribution is 6.42. The van der Waals surface area contributed by atoms with Crippen molar-refractivity contribution in [3.05, 3.63) is 45.6 Å². The summed E-state index contributed by atoms with van der Waals surface area (Å²) < 4.78 is 39.5. The number of hydrogen-bond acceptors (Lipinski definition) is 1. The number of aromatic nitrogens is 1. The average molecular weight is 319 g/mol. The van der Waals surface area contributed by atoms with Gasteiger partial charge in [-0.15, -0.1) is 0 Å². The van der Waals surface area contributed by atoms with E-state index in [1.54, 1.807) is 6.07 Å². The fourth-order valence-electron chi connectivity index (χ4n) is 1.95. The SMILES string of the molecule is Cn1c(C(F)(F)F)cc(C#N)c1-c1ccc(Cl)c(Cl)c1. The molecule has 2 aromatic rings. The number of halogens is 5. The third kappa shape index (κ3) is 2.49. The van der Waals surface area contributed by atoms with E-state index in [9.17, 15) is 13.2 Å². The predicted molar refractivity (Wildman–Crippen MR) is 70.6 cm³/mol. The normalized spacial score (nSPS) is 11.4. The van der Waals surface area contributed by atoms with Crippen LogP contribution in [-0.2, 0) is 13.2 Å². The van der Waals surface area contributed by atoms with E-state index in [1.807, 2.05) is 0 Å². The van der Waals surface area contributed by atoms with E-state index < -0.39 is 11.9 Å². The number of rotatable bonds is 1. The smallest absolute Gasteiger partial charge is 0.339 e. The van der Waals surface area contributed by atoms with Gasteiger partial charge in [0.25, 0.3) is 0 Å². The van der Waals surface area contributed by atoms with E-state index >= 15 is 0 Å². The lowest BCUT2D eigenvalue weighted by Crippen LogP contribution is -2.11. The molecule has 0 aliphatic heterocycles. The number of nitrogens with zero attached hydrogens (tertiary/aromatic N) is 2. The van der Waals surface area contributed by atoms with Crippen molar-refractivity contribution in [2.45, 2.75) is 6.18 Å². The van der Waals surface area contributed by atoms with Crippen molar-refractivity contribution in [2.24, 2.45) is 7.05 Å². The quantitative estimate of drug-likeness (QED) is 0.736. The zero-order chi connectivity index (χ0) is 15.1. The highest BCUT2D eigenvalue weighted by atomic mass is 35.5. The van der Waals surface area contributed by atoms with Gasteiger partial charge in [0.05, 0.1) is 21.3 Å². The zero-order valence-corrected chi connectivity index (χ0v) is 11.6. The van der Waals surface area contributed by atoms with Crippen molar-refractivity contribution < 1.29 is 13.2 Å². The fourth-order valence-corrected chi connectivity index (χ4v) is 2.25. The third-order valence-electron chi connectivity index (χ3n) is 2.84. The van der Waals surface area contributed by atoms with Crippen LogP contribution in [0.3, 0.4) is 0 Å². The molecule has 0 aliphatic rings. The van der Waals surface area contributed by atoms with E-state index in [1.165, 1.54) is 25.2 Å². The molecule has 1 heterocycles. The summed E-state index contributed by atoms with van der Waals surface area (Å²) in [4.78, 5) is 0. The maximum Gasteiger partial charge on any atom is 0.431 e. The lowest BCUT2D eigenvalue weighted by atomic mass is 10.1. The second-order valence-electron chi connectivity index (χ2n) is 4.09. The molecule has 0 atom stereocenters. The fraction of sp³-hybridized carbons (Fsp3) is 0.154. The van der Waals surface area contributed by atoms with Gasteiger partial charge in [-0.3, -0.25) is 0 Å². The maximum atomic E-state index is 12.9. The third-order valence-corrected chi connectivity index (χ3v) is 3.58. The Morgan fingerprint density at radius 1 is 1.15 bits per heavy atom. The maximum absolute atomic E-state index is 12.9. The molecule has 2 rings (SSSR count). The van der Waals surface area contributed by atoms with E-state index in [-0.39, 0.29) is 16.3 Å². The number of hydrogen-bond donors (Lipinski definition) is 0. The van der Waals surface area contributed by atoms with Gasteiger partial charge >= 0.3 is 6.18 Å². The van der Waals surface area contributed by atoms with E-state index in [0.29, 0.717) is 10.6 Å². The topological polar surface area (TPSA) is 28.7 Å². The van der Waals surface area contributed by atoms with Gasteiger partial charge < -0.3 is 4.57 Å². The van der Waals surface area contributed by atoms with E-state index in [4.69, 9.17) is 28.5 Å². The molecule has 0 N–H and O–H groups in total. The Morgan fingerprint density at radius 2 is 1.80 bits per heavy atom. The van der Waals surface area contributed by atoms with Crippen LogP contribution in [0.1, 0.15) is 11.3 Å². The van der Waals surface area contributed by atoms with Crippen molar-refractivity contribution in [3.8, 4) is 17.3 Å². The van der Waals surface area contributed by atoms with Crippen LogP contribution in [0.15, 0.2) is 24.3 Å². The van der Waals surface area contributed by atoms with Crippen molar-refractivity contribution in [2.75, 3.05) is 0 Å². The zero-order valence-electron chi connectivity index (χ0n) is 10.1. The lowest BCUT2D eigenvalue weighted by Gasteiger charge is -2.11. The summed E-state index contributed by atoms with van der Waals surface area (Å²) in [7, 11) is 1.25. The molecular weight excluding hydrogens is 312 g/mol. The van der Waals surface area contributed by atoms with Crippen LogP contribution in [-0.4, -0.2) is 4.57 Å². The Hall–Kier alpha value is -1.64. The molecule has 0 saturated carbocycles. The van der Waals surface area contributed by atoms with E-state index in [2.05, 4.69) is 0 Å². The molecule has 20 heavy (non-hydrogen) atoms. The Bertz CT molecular complexity index is 712. The molecule has 0 spiro atoms. The molecule has 0 amide bonds. The minimum absolute atomic E-state index is 0.0711. The minimum Gasteiger partial charge on any atom is -0.339 e. The number of alkyl halides is 3. The van der Waals surface area contributed by atoms with Crippen LogP contribution >= 0.6 is 23.2 Å². The molecule has 0 bridgehead atoms. The first kappa shape index (κ1) is 14.8. The van der Waals surface area contributed by atoms with E-state index in [0.717, 1.165) is 10.6 Å². The largest absolute Gasteiger partial charge is 0.431 e. The molecular formula is C13H7Cl2F3N2. The van der Waals surface area contributed by atoms with Gasteiger partial charge in [-0.05, 0) is 18.2 Å². The van der Waals surface area contributed by atoms with Crippen LogP contribution in [0.4, 0.5) is 13.2 Å². The molecule has 1 aromatic carbocycles. The molecule has 7 heteroatoms. The molecule has 0 radical (unpaired) electrons. The highest BCUT2D eigenvalue weighted by Crippen LogP contribution is 2.37. The van der Waals surface area contributed by atoms with Crippen molar-refractivity contribution >= 4 is 23.2 Å². The second-order valence-corrected chi connectivity index (χ2v) is 4.90. The Labute approximate surface area is 122 Å². The summed E-state index contributed by atoms with van der Waals surface area (Å²) in [5.74, 6) is 0. The van der Waals surface area contributed by atoms with Gasteiger partial charge in [-0.2, -0.15) is 18.4 Å². The summed E-state index contributed by atoms with van der Waals surface area (Å²) in [6.07, 6.45) is -4.53. The van der Waals surface area contributed by atoms with Gasteiger partial charge in [0, 0.05) is 12.6 Å². The van der Waals surface area contributed by atoms with Crippen LogP contribution in [0.2, 0.25) is 10.0 Å². The number of benzene rings is 1. The van der Waals surface area contributed by atoms with Gasteiger partial charge in [0.1, 0.15) is 11.8 Å².